The van der Waals surface area contributed by atoms with E-state index in [0.717, 1.165) is 11.4 Å². The third kappa shape index (κ3) is 1.63. The third-order valence-corrected chi connectivity index (χ3v) is 2.81. The van der Waals surface area contributed by atoms with Crippen molar-refractivity contribution in [2.75, 3.05) is 11.9 Å². The molecule has 1 heterocycles. The Balaban J connectivity index is 1.84. The summed E-state index contributed by atoms with van der Waals surface area (Å²) < 4.78 is 5.62. The molecular formula is C14H13NO. The van der Waals surface area contributed by atoms with Crippen LogP contribution in [0.5, 0.6) is 5.75 Å². The van der Waals surface area contributed by atoms with Gasteiger partial charge in [0.25, 0.3) is 0 Å². The molecule has 0 saturated carbocycles. The second-order valence-corrected chi connectivity index (χ2v) is 3.91. The van der Waals surface area contributed by atoms with E-state index < -0.39 is 0 Å². The van der Waals surface area contributed by atoms with Gasteiger partial charge in [0.1, 0.15) is 12.4 Å². The van der Waals surface area contributed by atoms with E-state index in [-0.39, 0.29) is 6.04 Å². The molecule has 3 rings (SSSR count). The van der Waals surface area contributed by atoms with Crippen LogP contribution in [0.2, 0.25) is 0 Å². The van der Waals surface area contributed by atoms with Gasteiger partial charge in [-0.3, -0.25) is 0 Å². The Morgan fingerprint density at radius 2 is 1.69 bits per heavy atom. The first-order chi connectivity index (χ1) is 7.93. The Bertz CT molecular complexity index is 481. The van der Waals surface area contributed by atoms with E-state index in [1.54, 1.807) is 0 Å². The van der Waals surface area contributed by atoms with Crippen LogP contribution < -0.4 is 10.1 Å². The van der Waals surface area contributed by atoms with Crippen LogP contribution in [-0.4, -0.2) is 6.61 Å². The minimum atomic E-state index is 0.263. The SMILES string of the molecule is c1ccc(NC2COc3ccccc32)cc1. The van der Waals surface area contributed by atoms with E-state index in [9.17, 15) is 0 Å². The molecule has 2 nitrogen and oxygen atoms in total. The summed E-state index contributed by atoms with van der Waals surface area (Å²) in [5, 5.41) is 3.47. The first-order valence-electron chi connectivity index (χ1n) is 5.47. The fraction of sp³-hybridized carbons (Fsp3) is 0.143. The van der Waals surface area contributed by atoms with Crippen molar-refractivity contribution in [2.24, 2.45) is 0 Å². The maximum atomic E-state index is 5.62. The van der Waals surface area contributed by atoms with Gasteiger partial charge in [-0.1, -0.05) is 36.4 Å². The van der Waals surface area contributed by atoms with Crippen LogP contribution in [0.25, 0.3) is 0 Å². The van der Waals surface area contributed by atoms with Crippen LogP contribution in [0.1, 0.15) is 11.6 Å². The number of anilines is 1. The highest BCUT2D eigenvalue weighted by Gasteiger charge is 2.22. The molecule has 0 bridgehead atoms. The molecule has 1 aliphatic heterocycles. The average Bonchev–Trinajstić information content (AvgIpc) is 2.74. The van der Waals surface area contributed by atoms with Crippen molar-refractivity contribution in [3.8, 4) is 5.75 Å². The minimum Gasteiger partial charge on any atom is -0.491 e. The van der Waals surface area contributed by atoms with Crippen LogP contribution >= 0.6 is 0 Å². The Kier molecular flexibility index (Phi) is 2.26. The van der Waals surface area contributed by atoms with Crippen molar-refractivity contribution in [2.45, 2.75) is 6.04 Å². The molecule has 0 aliphatic carbocycles. The molecule has 0 radical (unpaired) electrons. The van der Waals surface area contributed by atoms with Gasteiger partial charge < -0.3 is 10.1 Å². The van der Waals surface area contributed by atoms with E-state index in [2.05, 4.69) is 23.5 Å². The number of benzene rings is 2. The zero-order valence-electron chi connectivity index (χ0n) is 8.89. The predicted octanol–water partition coefficient (Wildman–Crippen LogP) is 3.23. The lowest BCUT2D eigenvalue weighted by molar-refractivity contribution is 0.340. The summed E-state index contributed by atoms with van der Waals surface area (Å²) in [6.45, 7) is 0.703. The van der Waals surface area contributed by atoms with E-state index in [4.69, 9.17) is 4.74 Å². The first-order valence-corrected chi connectivity index (χ1v) is 5.47. The lowest BCUT2D eigenvalue weighted by Crippen LogP contribution is -2.11. The van der Waals surface area contributed by atoms with Crippen LogP contribution in [-0.2, 0) is 0 Å². The number of para-hydroxylation sites is 2. The molecule has 1 N–H and O–H groups in total. The minimum absolute atomic E-state index is 0.263. The van der Waals surface area contributed by atoms with Gasteiger partial charge in [-0.2, -0.15) is 0 Å². The van der Waals surface area contributed by atoms with Crippen molar-refractivity contribution >= 4 is 5.69 Å². The molecule has 1 atom stereocenters. The highest BCUT2D eigenvalue weighted by Crippen LogP contribution is 2.33. The number of hydrogen-bond acceptors (Lipinski definition) is 2. The number of ether oxygens (including phenoxy) is 1. The standard InChI is InChI=1S/C14H13NO/c1-2-6-11(7-3-1)15-13-10-16-14-9-5-4-8-12(13)14/h1-9,13,15H,10H2. The maximum Gasteiger partial charge on any atom is 0.124 e. The fourth-order valence-electron chi connectivity index (χ4n) is 2.02. The molecular weight excluding hydrogens is 198 g/mol. The Hall–Kier alpha value is -1.96. The molecule has 1 aliphatic rings. The molecule has 0 spiro atoms. The fourth-order valence-corrected chi connectivity index (χ4v) is 2.02. The van der Waals surface area contributed by atoms with Gasteiger partial charge in [-0.15, -0.1) is 0 Å². The van der Waals surface area contributed by atoms with E-state index in [0.29, 0.717) is 6.61 Å². The summed E-state index contributed by atoms with van der Waals surface area (Å²) in [6.07, 6.45) is 0. The van der Waals surface area contributed by atoms with E-state index in [1.165, 1.54) is 5.56 Å². The van der Waals surface area contributed by atoms with Crippen molar-refractivity contribution < 1.29 is 4.74 Å². The highest BCUT2D eigenvalue weighted by molar-refractivity contribution is 5.49. The van der Waals surface area contributed by atoms with Gasteiger partial charge in [0, 0.05) is 11.3 Å². The topological polar surface area (TPSA) is 21.3 Å². The quantitative estimate of drug-likeness (QED) is 0.823. The zero-order valence-corrected chi connectivity index (χ0v) is 8.89. The molecule has 2 aromatic rings. The Labute approximate surface area is 94.9 Å². The molecule has 0 saturated heterocycles. The normalized spacial score (nSPS) is 17.6. The Morgan fingerprint density at radius 3 is 2.56 bits per heavy atom. The summed E-state index contributed by atoms with van der Waals surface area (Å²) >= 11 is 0. The van der Waals surface area contributed by atoms with Crippen LogP contribution in [0, 0.1) is 0 Å². The van der Waals surface area contributed by atoms with Crippen LogP contribution in [0.15, 0.2) is 54.6 Å². The maximum absolute atomic E-state index is 5.62. The Morgan fingerprint density at radius 1 is 0.938 bits per heavy atom. The number of nitrogens with one attached hydrogen (secondary N) is 1. The van der Waals surface area contributed by atoms with Gasteiger partial charge in [-0.25, -0.2) is 0 Å². The summed E-state index contributed by atoms with van der Waals surface area (Å²) in [5.74, 6) is 0.996. The third-order valence-electron chi connectivity index (χ3n) is 2.81. The summed E-state index contributed by atoms with van der Waals surface area (Å²) in [7, 11) is 0. The molecule has 16 heavy (non-hydrogen) atoms. The highest BCUT2D eigenvalue weighted by atomic mass is 16.5. The lowest BCUT2D eigenvalue weighted by Gasteiger charge is -2.12. The number of hydrogen-bond donors (Lipinski definition) is 1. The molecule has 0 aromatic heterocycles. The monoisotopic (exact) mass is 211 g/mol. The summed E-state index contributed by atoms with van der Waals surface area (Å²) in [5.41, 5.74) is 2.37. The largest absolute Gasteiger partial charge is 0.491 e. The molecule has 80 valence electrons. The van der Waals surface area contributed by atoms with E-state index >= 15 is 0 Å². The van der Waals surface area contributed by atoms with Gasteiger partial charge in [-0.05, 0) is 18.2 Å². The molecule has 1 unspecified atom stereocenters. The van der Waals surface area contributed by atoms with E-state index in [1.807, 2.05) is 36.4 Å². The zero-order chi connectivity index (χ0) is 10.8. The number of rotatable bonds is 2. The van der Waals surface area contributed by atoms with Gasteiger partial charge in [0.15, 0.2) is 0 Å². The van der Waals surface area contributed by atoms with Crippen molar-refractivity contribution in [3.63, 3.8) is 0 Å². The van der Waals surface area contributed by atoms with Crippen molar-refractivity contribution in [3.05, 3.63) is 60.2 Å². The molecule has 0 amide bonds. The van der Waals surface area contributed by atoms with Crippen molar-refractivity contribution in [1.82, 2.24) is 0 Å². The summed E-state index contributed by atoms with van der Waals surface area (Å²) in [6, 6.07) is 18.7. The van der Waals surface area contributed by atoms with Gasteiger partial charge in [0.2, 0.25) is 0 Å². The molecule has 0 fully saturated rings. The number of fused-ring (bicyclic) bond motifs is 1. The smallest absolute Gasteiger partial charge is 0.124 e. The second kappa shape index (κ2) is 3.89. The van der Waals surface area contributed by atoms with Gasteiger partial charge >= 0.3 is 0 Å². The van der Waals surface area contributed by atoms with Crippen LogP contribution in [0.4, 0.5) is 5.69 Å². The van der Waals surface area contributed by atoms with Gasteiger partial charge in [0.05, 0.1) is 6.04 Å². The molecule has 2 aromatic carbocycles. The second-order valence-electron chi connectivity index (χ2n) is 3.91. The summed E-state index contributed by atoms with van der Waals surface area (Å²) in [4.78, 5) is 0. The first kappa shape index (κ1) is 9.28. The predicted molar refractivity (Wildman–Crippen MR) is 64.7 cm³/mol. The van der Waals surface area contributed by atoms with Crippen molar-refractivity contribution in [1.29, 1.82) is 0 Å². The lowest BCUT2D eigenvalue weighted by atomic mass is 10.1. The molecule has 2 heteroatoms. The van der Waals surface area contributed by atoms with Crippen LogP contribution in [0.3, 0.4) is 0 Å². The average molecular weight is 211 g/mol.